The zero-order valence-electron chi connectivity index (χ0n) is 16.2. The molecule has 0 atom stereocenters. The standard InChI is InChI=1S/C21H21ClF2N4OS/c22-16-10-18-14(11-25-28(18)15-8-17(23)21(24)20(29)9-15)7-19(16)26-3-5-27(6-4-26)30-12-13-1-2-13/h7-11,13,29H,1-6,12H2. The Morgan fingerprint density at radius 3 is 2.57 bits per heavy atom. The number of anilines is 1. The average molecular weight is 451 g/mol. The lowest BCUT2D eigenvalue weighted by Gasteiger charge is -2.35. The van der Waals surface area contributed by atoms with Crippen LogP contribution in [0.25, 0.3) is 16.6 Å². The summed E-state index contributed by atoms with van der Waals surface area (Å²) in [6.07, 6.45) is 4.41. The second-order valence-corrected chi connectivity index (χ2v) is 9.35. The van der Waals surface area contributed by atoms with Crippen LogP contribution in [0.4, 0.5) is 14.5 Å². The van der Waals surface area contributed by atoms with Gasteiger partial charge in [-0.25, -0.2) is 13.4 Å². The minimum atomic E-state index is -1.27. The van der Waals surface area contributed by atoms with Crippen LogP contribution in [0.2, 0.25) is 5.02 Å². The second kappa shape index (κ2) is 7.90. The van der Waals surface area contributed by atoms with Gasteiger partial charge < -0.3 is 10.0 Å². The van der Waals surface area contributed by atoms with Gasteiger partial charge in [0, 0.05) is 49.5 Å². The van der Waals surface area contributed by atoms with E-state index in [0.29, 0.717) is 10.5 Å². The molecule has 1 saturated carbocycles. The van der Waals surface area contributed by atoms with E-state index >= 15 is 0 Å². The molecule has 9 heteroatoms. The van der Waals surface area contributed by atoms with E-state index in [1.54, 1.807) is 12.3 Å². The Morgan fingerprint density at radius 1 is 1.10 bits per heavy atom. The summed E-state index contributed by atoms with van der Waals surface area (Å²) in [5, 5.41) is 15.3. The monoisotopic (exact) mass is 450 g/mol. The first-order chi connectivity index (χ1) is 14.5. The normalized spacial score (nSPS) is 17.8. The van der Waals surface area contributed by atoms with Crippen LogP contribution in [0.5, 0.6) is 5.75 Å². The van der Waals surface area contributed by atoms with Gasteiger partial charge in [-0.2, -0.15) is 9.49 Å². The molecule has 1 aliphatic heterocycles. The minimum absolute atomic E-state index is 0.228. The molecule has 2 heterocycles. The molecule has 2 fully saturated rings. The number of hydrogen-bond acceptors (Lipinski definition) is 5. The molecule has 0 radical (unpaired) electrons. The summed E-state index contributed by atoms with van der Waals surface area (Å²) in [7, 11) is 0. The van der Waals surface area contributed by atoms with E-state index in [1.165, 1.54) is 23.3 Å². The van der Waals surface area contributed by atoms with Gasteiger partial charge in [-0.15, -0.1) is 0 Å². The number of aromatic nitrogens is 2. The van der Waals surface area contributed by atoms with E-state index in [-0.39, 0.29) is 5.69 Å². The van der Waals surface area contributed by atoms with Crippen molar-refractivity contribution < 1.29 is 13.9 Å². The summed E-state index contributed by atoms with van der Waals surface area (Å²) in [5.41, 5.74) is 1.84. The predicted octanol–water partition coefficient (Wildman–Crippen LogP) is 4.84. The highest BCUT2D eigenvalue weighted by molar-refractivity contribution is 7.97. The van der Waals surface area contributed by atoms with Crippen molar-refractivity contribution in [2.75, 3.05) is 36.8 Å². The summed E-state index contributed by atoms with van der Waals surface area (Å²) < 4.78 is 31.0. The molecule has 5 rings (SSSR count). The first kappa shape index (κ1) is 19.9. The van der Waals surface area contributed by atoms with E-state index < -0.39 is 17.4 Å². The number of nitrogens with zero attached hydrogens (tertiary/aromatic N) is 4. The van der Waals surface area contributed by atoms with Crippen LogP contribution >= 0.6 is 23.5 Å². The molecule has 30 heavy (non-hydrogen) atoms. The fraction of sp³-hybridized carbons (Fsp3) is 0.381. The lowest BCUT2D eigenvalue weighted by Crippen LogP contribution is -2.43. The first-order valence-electron chi connectivity index (χ1n) is 9.98. The van der Waals surface area contributed by atoms with Gasteiger partial charge in [0.1, 0.15) is 0 Å². The average Bonchev–Trinajstić information content (AvgIpc) is 3.48. The Morgan fingerprint density at radius 2 is 1.87 bits per heavy atom. The van der Waals surface area contributed by atoms with Crippen molar-refractivity contribution in [3.8, 4) is 11.4 Å². The maximum atomic E-state index is 13.7. The molecule has 1 N–H and O–H groups in total. The van der Waals surface area contributed by atoms with Crippen LogP contribution in [-0.4, -0.2) is 51.1 Å². The van der Waals surface area contributed by atoms with Crippen LogP contribution in [0.15, 0.2) is 30.5 Å². The Hall–Kier alpha value is -2.03. The number of rotatable bonds is 5. The molecule has 158 valence electrons. The molecule has 1 aromatic heterocycles. The summed E-state index contributed by atoms with van der Waals surface area (Å²) in [5.74, 6) is -1.02. The number of fused-ring (bicyclic) bond motifs is 1. The van der Waals surface area contributed by atoms with Crippen LogP contribution in [0.1, 0.15) is 12.8 Å². The summed E-state index contributed by atoms with van der Waals surface area (Å²) >= 11 is 8.56. The van der Waals surface area contributed by atoms with E-state index in [4.69, 9.17) is 11.6 Å². The van der Waals surface area contributed by atoms with Crippen molar-refractivity contribution in [3.05, 3.63) is 47.1 Å². The predicted molar refractivity (Wildman–Crippen MR) is 117 cm³/mol. The van der Waals surface area contributed by atoms with Gasteiger partial charge in [0.2, 0.25) is 0 Å². The van der Waals surface area contributed by atoms with Crippen molar-refractivity contribution in [1.82, 2.24) is 14.1 Å². The number of aromatic hydroxyl groups is 1. The number of hydrogen-bond donors (Lipinski definition) is 1. The topological polar surface area (TPSA) is 44.5 Å². The maximum absolute atomic E-state index is 13.7. The summed E-state index contributed by atoms with van der Waals surface area (Å²) in [4.78, 5) is 2.27. The summed E-state index contributed by atoms with van der Waals surface area (Å²) in [6, 6.07) is 5.91. The Labute approximate surface area is 182 Å². The highest BCUT2D eigenvalue weighted by Crippen LogP contribution is 2.36. The van der Waals surface area contributed by atoms with Crippen molar-refractivity contribution >= 4 is 40.1 Å². The molecule has 2 aliphatic rings. The summed E-state index contributed by atoms with van der Waals surface area (Å²) in [6.45, 7) is 3.76. The van der Waals surface area contributed by atoms with Crippen LogP contribution < -0.4 is 4.90 Å². The van der Waals surface area contributed by atoms with Gasteiger partial charge in [0.25, 0.3) is 0 Å². The molecule has 0 amide bonds. The Kier molecular flexibility index (Phi) is 5.24. The number of phenols is 1. The number of piperazine rings is 1. The fourth-order valence-corrected chi connectivity index (χ4v) is 5.17. The molecular formula is C21H21ClF2N4OS. The van der Waals surface area contributed by atoms with Crippen molar-refractivity contribution in [3.63, 3.8) is 0 Å². The first-order valence-corrected chi connectivity index (χ1v) is 11.3. The molecule has 3 aromatic rings. The van der Waals surface area contributed by atoms with Gasteiger partial charge in [0.15, 0.2) is 17.4 Å². The number of benzene rings is 2. The highest BCUT2D eigenvalue weighted by atomic mass is 35.5. The van der Waals surface area contributed by atoms with Gasteiger partial charge in [-0.1, -0.05) is 23.5 Å². The van der Waals surface area contributed by atoms with Crippen molar-refractivity contribution in [1.29, 1.82) is 0 Å². The third-order valence-corrected chi connectivity index (χ3v) is 7.30. The van der Waals surface area contributed by atoms with E-state index in [1.807, 2.05) is 18.0 Å². The maximum Gasteiger partial charge on any atom is 0.200 e. The molecule has 1 aliphatic carbocycles. The zero-order valence-corrected chi connectivity index (χ0v) is 17.8. The smallest absolute Gasteiger partial charge is 0.200 e. The SMILES string of the molecule is Oc1cc(-n2ncc3cc(N4CCN(SCC5CC5)CC4)c(Cl)cc32)cc(F)c1F. The number of phenolic OH excluding ortho intramolecular Hbond substituents is 1. The lowest BCUT2D eigenvalue weighted by molar-refractivity contribution is 0.406. The van der Waals surface area contributed by atoms with Gasteiger partial charge in [0.05, 0.1) is 28.1 Å². The van der Waals surface area contributed by atoms with E-state index in [9.17, 15) is 13.9 Å². The van der Waals surface area contributed by atoms with Crippen LogP contribution in [0.3, 0.4) is 0 Å². The zero-order chi connectivity index (χ0) is 20.8. The molecule has 0 unspecified atom stereocenters. The molecule has 5 nitrogen and oxygen atoms in total. The molecular weight excluding hydrogens is 430 g/mol. The Balaban J connectivity index is 1.38. The lowest BCUT2D eigenvalue weighted by atomic mass is 10.2. The third kappa shape index (κ3) is 3.84. The minimum Gasteiger partial charge on any atom is -0.505 e. The molecule has 2 aromatic carbocycles. The molecule has 0 bridgehead atoms. The molecule has 0 spiro atoms. The van der Waals surface area contributed by atoms with Crippen LogP contribution in [0, 0.1) is 17.6 Å². The van der Waals surface area contributed by atoms with Gasteiger partial charge in [-0.05, 0) is 30.9 Å². The molecule has 1 saturated heterocycles. The van der Waals surface area contributed by atoms with E-state index in [2.05, 4.69) is 14.3 Å². The largest absolute Gasteiger partial charge is 0.505 e. The van der Waals surface area contributed by atoms with Gasteiger partial charge >= 0.3 is 0 Å². The van der Waals surface area contributed by atoms with E-state index in [0.717, 1.165) is 55.3 Å². The van der Waals surface area contributed by atoms with Crippen molar-refractivity contribution in [2.45, 2.75) is 12.8 Å². The Bertz CT molecular complexity index is 1070. The second-order valence-electron chi connectivity index (χ2n) is 7.83. The quantitative estimate of drug-likeness (QED) is 0.563. The number of halogens is 3. The highest BCUT2D eigenvalue weighted by Gasteiger charge is 2.25. The fourth-order valence-electron chi connectivity index (χ4n) is 3.72. The van der Waals surface area contributed by atoms with Crippen LogP contribution in [-0.2, 0) is 0 Å². The van der Waals surface area contributed by atoms with Gasteiger partial charge in [-0.3, -0.25) is 0 Å². The third-order valence-electron chi connectivity index (χ3n) is 5.64. The van der Waals surface area contributed by atoms with Crippen molar-refractivity contribution in [2.24, 2.45) is 5.92 Å².